The van der Waals surface area contributed by atoms with E-state index in [0.29, 0.717) is 5.92 Å². The molecule has 80 valence electrons. The summed E-state index contributed by atoms with van der Waals surface area (Å²) < 4.78 is 0. The molecule has 1 aliphatic rings. The van der Waals surface area contributed by atoms with E-state index in [4.69, 9.17) is 0 Å². The van der Waals surface area contributed by atoms with Crippen LogP contribution in [-0.4, -0.2) is 19.9 Å². The zero-order valence-corrected chi connectivity index (χ0v) is 9.09. The van der Waals surface area contributed by atoms with Crippen molar-refractivity contribution in [1.29, 1.82) is 0 Å². The highest BCUT2D eigenvalue weighted by Gasteiger charge is 2.27. The minimum atomic E-state index is 0.395. The van der Waals surface area contributed by atoms with Crippen molar-refractivity contribution in [2.45, 2.75) is 25.7 Å². The first-order valence-corrected chi connectivity index (χ1v) is 5.41. The zero-order chi connectivity index (χ0) is 11.0. The summed E-state index contributed by atoms with van der Waals surface area (Å²) in [5.74, 6) is 0.395. The largest absolute Gasteiger partial charge is 0.258 e. The van der Waals surface area contributed by atoms with E-state index in [9.17, 15) is 0 Å². The average molecular weight is 212 g/mol. The normalized spacial score (nSPS) is 15.1. The standard InChI is InChI=1S/C12H12N4/c1-8-12(16-5-2-13-8)9-6-10-11(7-9)15-4-3-14-10/h2-5,9H,6-7H2,1H3. The molecule has 0 spiro atoms. The second-order valence-electron chi connectivity index (χ2n) is 4.08. The lowest BCUT2D eigenvalue weighted by atomic mass is 10.0. The smallest absolute Gasteiger partial charge is 0.0654 e. The first kappa shape index (κ1) is 9.39. The number of hydrogen-bond acceptors (Lipinski definition) is 4. The lowest BCUT2D eigenvalue weighted by molar-refractivity contribution is 0.691. The molecule has 0 aliphatic heterocycles. The molecular weight excluding hydrogens is 200 g/mol. The molecule has 0 saturated carbocycles. The summed E-state index contributed by atoms with van der Waals surface area (Å²) in [7, 11) is 0. The fraction of sp³-hybridized carbons (Fsp3) is 0.333. The second-order valence-corrected chi connectivity index (χ2v) is 4.08. The van der Waals surface area contributed by atoms with Crippen LogP contribution < -0.4 is 0 Å². The van der Waals surface area contributed by atoms with E-state index >= 15 is 0 Å². The highest BCUT2D eigenvalue weighted by atomic mass is 14.8. The van der Waals surface area contributed by atoms with E-state index in [1.165, 1.54) is 0 Å². The summed E-state index contributed by atoms with van der Waals surface area (Å²) in [6, 6.07) is 0. The Hall–Kier alpha value is -1.84. The third-order valence-electron chi connectivity index (χ3n) is 3.05. The van der Waals surface area contributed by atoms with Gasteiger partial charge in [-0.25, -0.2) is 0 Å². The van der Waals surface area contributed by atoms with Gasteiger partial charge in [-0.1, -0.05) is 0 Å². The van der Waals surface area contributed by atoms with Gasteiger partial charge in [-0.3, -0.25) is 19.9 Å². The van der Waals surface area contributed by atoms with Gasteiger partial charge in [0.15, 0.2) is 0 Å². The van der Waals surface area contributed by atoms with Gasteiger partial charge in [-0.15, -0.1) is 0 Å². The maximum absolute atomic E-state index is 4.43. The molecule has 2 aromatic heterocycles. The number of hydrogen-bond donors (Lipinski definition) is 0. The highest BCUT2D eigenvalue weighted by molar-refractivity contribution is 5.27. The first-order chi connectivity index (χ1) is 7.84. The Morgan fingerprint density at radius 3 is 2.06 bits per heavy atom. The van der Waals surface area contributed by atoms with Crippen LogP contribution in [0, 0.1) is 6.92 Å². The van der Waals surface area contributed by atoms with Gasteiger partial charge in [-0.2, -0.15) is 0 Å². The molecule has 0 unspecified atom stereocenters. The molecule has 0 amide bonds. The number of aryl methyl sites for hydroxylation is 1. The van der Waals surface area contributed by atoms with Crippen molar-refractivity contribution in [2.75, 3.05) is 0 Å². The minimum Gasteiger partial charge on any atom is -0.258 e. The van der Waals surface area contributed by atoms with Gasteiger partial charge in [0.25, 0.3) is 0 Å². The molecule has 2 aromatic rings. The Kier molecular flexibility index (Phi) is 2.13. The van der Waals surface area contributed by atoms with E-state index in [-0.39, 0.29) is 0 Å². The van der Waals surface area contributed by atoms with Crippen molar-refractivity contribution in [3.63, 3.8) is 0 Å². The molecule has 16 heavy (non-hydrogen) atoms. The summed E-state index contributed by atoms with van der Waals surface area (Å²) in [4.78, 5) is 17.4. The Bertz CT molecular complexity index is 499. The Morgan fingerprint density at radius 1 is 0.875 bits per heavy atom. The van der Waals surface area contributed by atoms with E-state index in [1.807, 2.05) is 6.92 Å². The van der Waals surface area contributed by atoms with Crippen molar-refractivity contribution in [2.24, 2.45) is 0 Å². The lowest BCUT2D eigenvalue weighted by Crippen LogP contribution is -2.05. The minimum absolute atomic E-state index is 0.395. The third kappa shape index (κ3) is 1.46. The van der Waals surface area contributed by atoms with Crippen molar-refractivity contribution in [1.82, 2.24) is 19.9 Å². The SMILES string of the molecule is Cc1nccnc1C1Cc2nccnc2C1. The summed E-state index contributed by atoms with van der Waals surface area (Å²) in [6.45, 7) is 2.01. The van der Waals surface area contributed by atoms with Crippen LogP contribution in [0.4, 0.5) is 0 Å². The van der Waals surface area contributed by atoms with Crippen molar-refractivity contribution in [3.05, 3.63) is 47.6 Å². The zero-order valence-electron chi connectivity index (χ0n) is 9.09. The van der Waals surface area contributed by atoms with Crippen LogP contribution in [0.2, 0.25) is 0 Å². The van der Waals surface area contributed by atoms with E-state index in [2.05, 4.69) is 19.9 Å². The fourth-order valence-electron chi connectivity index (χ4n) is 2.29. The summed E-state index contributed by atoms with van der Waals surface area (Å²) in [5, 5.41) is 0. The fourth-order valence-corrected chi connectivity index (χ4v) is 2.29. The van der Waals surface area contributed by atoms with Gasteiger partial charge >= 0.3 is 0 Å². The van der Waals surface area contributed by atoms with Crippen LogP contribution in [0.25, 0.3) is 0 Å². The number of fused-ring (bicyclic) bond motifs is 1. The van der Waals surface area contributed by atoms with E-state index < -0.39 is 0 Å². The lowest BCUT2D eigenvalue weighted by Gasteiger charge is -2.09. The monoisotopic (exact) mass is 212 g/mol. The third-order valence-corrected chi connectivity index (χ3v) is 3.05. The van der Waals surface area contributed by atoms with Crippen LogP contribution >= 0.6 is 0 Å². The van der Waals surface area contributed by atoms with Gasteiger partial charge in [0, 0.05) is 43.5 Å². The molecule has 4 nitrogen and oxygen atoms in total. The van der Waals surface area contributed by atoms with Gasteiger partial charge in [0.2, 0.25) is 0 Å². The summed E-state index contributed by atoms with van der Waals surface area (Å²) in [5.41, 5.74) is 4.32. The summed E-state index contributed by atoms with van der Waals surface area (Å²) in [6.07, 6.45) is 8.87. The van der Waals surface area contributed by atoms with Crippen LogP contribution in [0.1, 0.15) is 28.7 Å². The predicted octanol–water partition coefficient (Wildman–Crippen LogP) is 1.46. The molecule has 3 rings (SSSR count). The van der Waals surface area contributed by atoms with E-state index in [1.54, 1.807) is 24.8 Å². The van der Waals surface area contributed by atoms with Crippen LogP contribution in [0.5, 0.6) is 0 Å². The quantitative estimate of drug-likeness (QED) is 0.718. The average Bonchev–Trinajstić information content (AvgIpc) is 2.73. The Labute approximate surface area is 93.8 Å². The number of nitrogens with zero attached hydrogens (tertiary/aromatic N) is 4. The molecule has 2 heterocycles. The maximum atomic E-state index is 4.43. The first-order valence-electron chi connectivity index (χ1n) is 5.41. The molecule has 0 aromatic carbocycles. The van der Waals surface area contributed by atoms with Crippen molar-refractivity contribution >= 4 is 0 Å². The van der Waals surface area contributed by atoms with Crippen LogP contribution in [0.15, 0.2) is 24.8 Å². The molecule has 0 bridgehead atoms. The van der Waals surface area contributed by atoms with Crippen molar-refractivity contribution < 1.29 is 0 Å². The van der Waals surface area contributed by atoms with Crippen molar-refractivity contribution in [3.8, 4) is 0 Å². The Morgan fingerprint density at radius 2 is 1.44 bits per heavy atom. The van der Waals surface area contributed by atoms with Gasteiger partial charge in [0.1, 0.15) is 0 Å². The molecule has 0 atom stereocenters. The number of rotatable bonds is 1. The number of aromatic nitrogens is 4. The molecule has 0 fully saturated rings. The van der Waals surface area contributed by atoms with Gasteiger partial charge in [0.05, 0.1) is 22.8 Å². The molecule has 0 radical (unpaired) electrons. The predicted molar refractivity (Wildman–Crippen MR) is 59.0 cm³/mol. The van der Waals surface area contributed by atoms with Gasteiger partial charge < -0.3 is 0 Å². The van der Waals surface area contributed by atoms with Gasteiger partial charge in [-0.05, 0) is 6.92 Å². The molecule has 0 saturated heterocycles. The van der Waals surface area contributed by atoms with Crippen LogP contribution in [-0.2, 0) is 12.8 Å². The molecular formula is C12H12N4. The van der Waals surface area contributed by atoms with E-state index in [0.717, 1.165) is 35.6 Å². The summed E-state index contributed by atoms with van der Waals surface area (Å²) >= 11 is 0. The molecule has 1 aliphatic carbocycles. The highest BCUT2D eigenvalue weighted by Crippen LogP contribution is 2.31. The maximum Gasteiger partial charge on any atom is 0.0654 e. The molecule has 0 N–H and O–H groups in total. The molecule has 4 heteroatoms. The topological polar surface area (TPSA) is 51.6 Å². The van der Waals surface area contributed by atoms with Crippen LogP contribution in [0.3, 0.4) is 0 Å². The second kappa shape index (κ2) is 3.63. The Balaban J connectivity index is 1.95.